The Labute approximate surface area is 196 Å². The van der Waals surface area contributed by atoms with E-state index in [9.17, 15) is 14.0 Å². The highest BCUT2D eigenvalue weighted by Crippen LogP contribution is 2.18. The molecule has 0 aliphatic carbocycles. The zero-order chi connectivity index (χ0) is 24.3. The predicted molar refractivity (Wildman–Crippen MR) is 126 cm³/mol. The van der Waals surface area contributed by atoms with Gasteiger partial charge in [-0.2, -0.15) is 0 Å². The van der Waals surface area contributed by atoms with E-state index >= 15 is 0 Å². The van der Waals surface area contributed by atoms with Crippen molar-refractivity contribution in [1.29, 1.82) is 0 Å². The number of methoxy groups -OCH3 is 1. The van der Waals surface area contributed by atoms with Crippen molar-refractivity contribution in [3.63, 3.8) is 0 Å². The van der Waals surface area contributed by atoms with Gasteiger partial charge in [0.15, 0.2) is 0 Å². The summed E-state index contributed by atoms with van der Waals surface area (Å²) in [5.74, 6) is -0.723. The van der Waals surface area contributed by atoms with E-state index in [0.717, 1.165) is 17.4 Å². The first kappa shape index (κ1) is 24.5. The maximum atomic E-state index is 14.0. The maximum Gasteiger partial charge on any atom is 0.267 e. The molecule has 3 aromatic carbocycles. The van der Waals surface area contributed by atoms with Gasteiger partial charge in [-0.25, -0.2) is 4.39 Å². The third-order valence-electron chi connectivity index (χ3n) is 4.74. The van der Waals surface area contributed by atoms with E-state index in [0.29, 0.717) is 17.9 Å². The molecular formula is C26H25FN2O5. The standard InChI is InChI=1S/C26H25FN2O5/c1-33-21-6-4-5-19(15-21)17-34-20-11-9-18(10-12-20)16-24(26(32)28-13-14-30)29-25(31)22-7-2-3-8-23(22)27/h2-12,15-16,30H,13-14,17H2,1H3,(H,28,32)(H,29,31). The Hall–Kier alpha value is -4.17. The van der Waals surface area contributed by atoms with Gasteiger partial charge in [-0.3, -0.25) is 9.59 Å². The van der Waals surface area contributed by atoms with Crippen molar-refractivity contribution >= 4 is 17.9 Å². The molecule has 34 heavy (non-hydrogen) atoms. The van der Waals surface area contributed by atoms with Crippen LogP contribution < -0.4 is 20.1 Å². The summed E-state index contributed by atoms with van der Waals surface area (Å²) in [6, 6.07) is 19.9. The van der Waals surface area contributed by atoms with Gasteiger partial charge < -0.3 is 25.2 Å². The number of carbonyl (C=O) groups is 2. The molecular weight excluding hydrogens is 439 g/mol. The molecule has 0 fully saturated rings. The van der Waals surface area contributed by atoms with Gasteiger partial charge in [0.05, 0.1) is 19.3 Å². The van der Waals surface area contributed by atoms with E-state index in [2.05, 4.69) is 10.6 Å². The summed E-state index contributed by atoms with van der Waals surface area (Å²) in [6.07, 6.45) is 1.46. The van der Waals surface area contributed by atoms with Crippen LogP contribution in [0.1, 0.15) is 21.5 Å². The van der Waals surface area contributed by atoms with Gasteiger partial charge in [-0.1, -0.05) is 36.4 Å². The first-order valence-electron chi connectivity index (χ1n) is 10.5. The van der Waals surface area contributed by atoms with E-state index in [-0.39, 0.29) is 24.4 Å². The molecule has 0 radical (unpaired) electrons. The number of halogens is 1. The lowest BCUT2D eigenvalue weighted by molar-refractivity contribution is -0.117. The van der Waals surface area contributed by atoms with Gasteiger partial charge >= 0.3 is 0 Å². The molecule has 7 nitrogen and oxygen atoms in total. The van der Waals surface area contributed by atoms with Crippen molar-refractivity contribution in [2.45, 2.75) is 6.61 Å². The number of amides is 2. The molecule has 3 aromatic rings. The van der Waals surface area contributed by atoms with Crippen LogP contribution in [-0.4, -0.2) is 37.2 Å². The lowest BCUT2D eigenvalue weighted by Gasteiger charge is -2.11. The Morgan fingerprint density at radius 3 is 2.47 bits per heavy atom. The maximum absolute atomic E-state index is 14.0. The van der Waals surface area contributed by atoms with Crippen molar-refractivity contribution in [3.05, 3.63) is 101 Å². The number of aliphatic hydroxyl groups is 1. The molecule has 0 aromatic heterocycles. The average Bonchev–Trinajstić information content (AvgIpc) is 2.86. The Morgan fingerprint density at radius 1 is 1.00 bits per heavy atom. The minimum Gasteiger partial charge on any atom is -0.497 e. The van der Waals surface area contributed by atoms with E-state index in [4.69, 9.17) is 14.6 Å². The van der Waals surface area contributed by atoms with Crippen molar-refractivity contribution in [2.75, 3.05) is 20.3 Å². The first-order valence-corrected chi connectivity index (χ1v) is 10.5. The van der Waals surface area contributed by atoms with Gasteiger partial charge in [-0.15, -0.1) is 0 Å². The highest BCUT2D eigenvalue weighted by atomic mass is 19.1. The smallest absolute Gasteiger partial charge is 0.267 e. The zero-order valence-electron chi connectivity index (χ0n) is 18.6. The molecule has 3 N–H and O–H groups in total. The van der Waals surface area contributed by atoms with Gasteiger partial charge in [0.2, 0.25) is 0 Å². The summed E-state index contributed by atoms with van der Waals surface area (Å²) < 4.78 is 25.0. The summed E-state index contributed by atoms with van der Waals surface area (Å²) >= 11 is 0. The normalized spacial score (nSPS) is 11.0. The fourth-order valence-corrected chi connectivity index (χ4v) is 3.01. The Balaban J connectivity index is 1.73. The predicted octanol–water partition coefficient (Wildman–Crippen LogP) is 3.29. The summed E-state index contributed by atoms with van der Waals surface area (Å²) in [5, 5.41) is 13.9. The van der Waals surface area contributed by atoms with E-state index in [1.807, 2.05) is 24.3 Å². The van der Waals surface area contributed by atoms with Crippen molar-refractivity contribution in [1.82, 2.24) is 10.6 Å². The Morgan fingerprint density at radius 2 is 1.76 bits per heavy atom. The number of ether oxygens (including phenoxy) is 2. The van der Waals surface area contributed by atoms with Crippen LogP contribution >= 0.6 is 0 Å². The molecule has 0 heterocycles. The Bertz CT molecular complexity index is 1160. The number of nitrogens with one attached hydrogen (secondary N) is 2. The number of aliphatic hydroxyl groups excluding tert-OH is 1. The minimum absolute atomic E-state index is 0.00277. The molecule has 0 aliphatic heterocycles. The summed E-state index contributed by atoms with van der Waals surface area (Å²) in [7, 11) is 1.60. The monoisotopic (exact) mass is 464 g/mol. The summed E-state index contributed by atoms with van der Waals surface area (Å²) in [5.41, 5.74) is 1.27. The quantitative estimate of drug-likeness (QED) is 0.400. The van der Waals surface area contributed by atoms with Crippen LogP contribution in [-0.2, 0) is 11.4 Å². The molecule has 2 amide bonds. The van der Waals surface area contributed by atoms with Crippen LogP contribution in [0.2, 0.25) is 0 Å². The molecule has 176 valence electrons. The van der Waals surface area contributed by atoms with Crippen LogP contribution in [0.25, 0.3) is 6.08 Å². The number of carbonyl (C=O) groups excluding carboxylic acids is 2. The van der Waals surface area contributed by atoms with Crippen LogP contribution in [0, 0.1) is 5.82 Å². The lowest BCUT2D eigenvalue weighted by atomic mass is 10.1. The van der Waals surface area contributed by atoms with Crippen LogP contribution in [0.15, 0.2) is 78.5 Å². The van der Waals surface area contributed by atoms with Crippen molar-refractivity contribution < 1.29 is 28.6 Å². The van der Waals surface area contributed by atoms with Crippen LogP contribution in [0.4, 0.5) is 4.39 Å². The molecule has 0 atom stereocenters. The third kappa shape index (κ3) is 6.91. The van der Waals surface area contributed by atoms with Gasteiger partial charge in [0, 0.05) is 6.54 Å². The summed E-state index contributed by atoms with van der Waals surface area (Å²) in [6.45, 7) is 0.0856. The van der Waals surface area contributed by atoms with Crippen LogP contribution in [0.3, 0.4) is 0 Å². The Kier molecular flexibility index (Phi) is 8.76. The topological polar surface area (TPSA) is 96.9 Å². The van der Waals surface area contributed by atoms with E-state index in [1.165, 1.54) is 24.3 Å². The first-order chi connectivity index (χ1) is 16.5. The number of benzene rings is 3. The van der Waals surface area contributed by atoms with Crippen molar-refractivity contribution in [2.24, 2.45) is 0 Å². The molecule has 0 unspecified atom stereocenters. The van der Waals surface area contributed by atoms with Gasteiger partial charge in [0.25, 0.3) is 11.8 Å². The van der Waals surface area contributed by atoms with E-state index < -0.39 is 17.6 Å². The second-order valence-electron chi connectivity index (χ2n) is 7.18. The second kappa shape index (κ2) is 12.2. The average molecular weight is 464 g/mol. The number of rotatable bonds is 10. The highest BCUT2D eigenvalue weighted by molar-refractivity contribution is 6.05. The molecule has 0 aliphatic rings. The fraction of sp³-hybridized carbons (Fsp3) is 0.154. The van der Waals surface area contributed by atoms with Crippen LogP contribution in [0.5, 0.6) is 11.5 Å². The third-order valence-corrected chi connectivity index (χ3v) is 4.74. The van der Waals surface area contributed by atoms with Gasteiger partial charge in [0.1, 0.15) is 29.6 Å². The van der Waals surface area contributed by atoms with Crippen molar-refractivity contribution in [3.8, 4) is 11.5 Å². The SMILES string of the molecule is COc1cccc(COc2ccc(C=C(NC(=O)c3ccccc3F)C(=O)NCCO)cc2)c1. The number of hydrogen-bond donors (Lipinski definition) is 3. The zero-order valence-corrected chi connectivity index (χ0v) is 18.6. The largest absolute Gasteiger partial charge is 0.497 e. The van der Waals surface area contributed by atoms with Gasteiger partial charge in [-0.05, 0) is 53.6 Å². The highest BCUT2D eigenvalue weighted by Gasteiger charge is 2.16. The second-order valence-corrected chi connectivity index (χ2v) is 7.18. The molecule has 8 heteroatoms. The fourth-order valence-electron chi connectivity index (χ4n) is 3.01. The molecule has 0 saturated heterocycles. The lowest BCUT2D eigenvalue weighted by Crippen LogP contribution is -2.36. The molecule has 0 saturated carbocycles. The summed E-state index contributed by atoms with van der Waals surface area (Å²) in [4.78, 5) is 25.0. The minimum atomic E-state index is -0.762. The molecule has 0 spiro atoms. The molecule has 3 rings (SSSR count). The molecule has 0 bridgehead atoms. The van der Waals surface area contributed by atoms with E-state index in [1.54, 1.807) is 31.4 Å². The number of hydrogen-bond acceptors (Lipinski definition) is 5.